The number of hydrogen-bond donors (Lipinski definition) is 1. The normalized spacial score (nSPS) is 24.8. The number of anilines is 1. The van der Waals surface area contributed by atoms with Crippen molar-refractivity contribution in [2.45, 2.75) is 51.7 Å². The molecule has 0 aromatic heterocycles. The third kappa shape index (κ3) is 3.53. The summed E-state index contributed by atoms with van der Waals surface area (Å²) in [4.78, 5) is 13.2. The van der Waals surface area contributed by atoms with Gasteiger partial charge >= 0.3 is 7.12 Å². The zero-order valence-electron chi connectivity index (χ0n) is 15.3. The van der Waals surface area contributed by atoms with E-state index in [1.54, 1.807) is 6.07 Å². The second-order valence-corrected chi connectivity index (χ2v) is 8.07. The van der Waals surface area contributed by atoms with Gasteiger partial charge in [-0.3, -0.25) is 4.79 Å². The molecule has 7 heteroatoms. The number of nitrogens with two attached hydrogens (primary N) is 1. The van der Waals surface area contributed by atoms with Crippen LogP contribution in [-0.2, 0) is 14.1 Å². The van der Waals surface area contributed by atoms with Crippen molar-refractivity contribution in [2.24, 2.45) is 11.7 Å². The quantitative estimate of drug-likeness (QED) is 0.844. The number of halogens is 1. The lowest BCUT2D eigenvalue weighted by Gasteiger charge is -2.32. The van der Waals surface area contributed by atoms with Crippen LogP contribution in [0.5, 0.6) is 0 Å². The molecule has 2 fully saturated rings. The van der Waals surface area contributed by atoms with Crippen LogP contribution < -0.4 is 16.1 Å². The van der Waals surface area contributed by atoms with Crippen LogP contribution in [0.25, 0.3) is 0 Å². The van der Waals surface area contributed by atoms with Crippen LogP contribution in [0.4, 0.5) is 10.1 Å². The fourth-order valence-corrected chi connectivity index (χ4v) is 3.39. The summed E-state index contributed by atoms with van der Waals surface area (Å²) in [6, 6.07) is 5.14. The second-order valence-electron chi connectivity index (χ2n) is 8.07. The van der Waals surface area contributed by atoms with E-state index < -0.39 is 18.3 Å². The van der Waals surface area contributed by atoms with E-state index in [-0.39, 0.29) is 17.6 Å². The maximum atomic E-state index is 14.7. The Morgan fingerprint density at radius 3 is 2.52 bits per heavy atom. The molecule has 0 spiro atoms. The first-order chi connectivity index (χ1) is 11.6. The molecule has 2 aliphatic heterocycles. The van der Waals surface area contributed by atoms with Crippen LogP contribution in [0.15, 0.2) is 18.2 Å². The molecule has 2 heterocycles. The van der Waals surface area contributed by atoms with E-state index >= 15 is 0 Å². The van der Waals surface area contributed by atoms with Crippen molar-refractivity contribution in [3.05, 3.63) is 24.0 Å². The highest BCUT2D eigenvalue weighted by Crippen LogP contribution is 2.37. The molecule has 0 unspecified atom stereocenters. The van der Waals surface area contributed by atoms with Gasteiger partial charge in [0, 0.05) is 30.7 Å². The first-order valence-corrected chi connectivity index (χ1v) is 8.77. The van der Waals surface area contributed by atoms with E-state index in [9.17, 15) is 9.18 Å². The minimum absolute atomic E-state index is 0.239. The highest BCUT2D eigenvalue weighted by Gasteiger charge is 2.52. The maximum absolute atomic E-state index is 14.7. The van der Waals surface area contributed by atoms with Crippen LogP contribution in [0.2, 0.25) is 0 Å². The first kappa shape index (κ1) is 18.2. The smallest absolute Gasteiger partial charge is 0.399 e. The summed E-state index contributed by atoms with van der Waals surface area (Å²) >= 11 is 0. The van der Waals surface area contributed by atoms with Gasteiger partial charge in [0.1, 0.15) is 5.82 Å². The van der Waals surface area contributed by atoms with E-state index in [1.165, 1.54) is 6.07 Å². The number of primary amides is 1. The van der Waals surface area contributed by atoms with Gasteiger partial charge in [-0.05, 0) is 52.2 Å². The molecule has 0 saturated carbocycles. The minimum atomic E-state index is -0.708. The number of benzene rings is 1. The van der Waals surface area contributed by atoms with Gasteiger partial charge in [0.2, 0.25) is 5.91 Å². The number of amides is 1. The maximum Gasteiger partial charge on any atom is 0.497 e. The van der Waals surface area contributed by atoms with Crippen molar-refractivity contribution in [1.29, 1.82) is 0 Å². The van der Waals surface area contributed by atoms with Crippen molar-refractivity contribution < 1.29 is 18.5 Å². The third-order valence-corrected chi connectivity index (χ3v) is 5.63. The average Bonchev–Trinajstić information content (AvgIpc) is 3.01. The van der Waals surface area contributed by atoms with E-state index in [1.807, 2.05) is 33.8 Å². The van der Waals surface area contributed by atoms with Crippen molar-refractivity contribution in [2.75, 3.05) is 18.0 Å². The molecule has 25 heavy (non-hydrogen) atoms. The summed E-state index contributed by atoms with van der Waals surface area (Å²) in [5.41, 5.74) is 5.49. The van der Waals surface area contributed by atoms with E-state index in [0.717, 1.165) is 25.2 Å². The van der Waals surface area contributed by atoms with Crippen LogP contribution >= 0.6 is 0 Å². The van der Waals surface area contributed by atoms with Gasteiger partial charge in [-0.1, -0.05) is 6.07 Å². The SMILES string of the molecule is CC1(C)OB(c2ccc(N3CC[C@@H](CC(N)=O)C3)cc2F)OC1(C)C. The van der Waals surface area contributed by atoms with E-state index in [2.05, 4.69) is 4.90 Å². The summed E-state index contributed by atoms with van der Waals surface area (Å²) in [6.07, 6.45) is 1.27. The highest BCUT2D eigenvalue weighted by atomic mass is 19.1. The second kappa shape index (κ2) is 6.29. The molecular formula is C18H26BFN2O3. The summed E-state index contributed by atoms with van der Waals surface area (Å²) in [5, 5.41) is 0. The van der Waals surface area contributed by atoms with E-state index in [0.29, 0.717) is 11.9 Å². The Morgan fingerprint density at radius 1 is 1.32 bits per heavy atom. The first-order valence-electron chi connectivity index (χ1n) is 8.77. The van der Waals surface area contributed by atoms with Gasteiger partial charge in [0.15, 0.2) is 0 Å². The number of rotatable bonds is 4. The predicted molar refractivity (Wildman–Crippen MR) is 96.2 cm³/mol. The predicted octanol–water partition coefficient (Wildman–Crippen LogP) is 1.83. The molecule has 2 saturated heterocycles. The number of carbonyl (C=O) groups excluding carboxylic acids is 1. The molecule has 0 radical (unpaired) electrons. The Bertz CT molecular complexity index is 664. The van der Waals surface area contributed by atoms with Crippen molar-refractivity contribution in [1.82, 2.24) is 0 Å². The Hall–Kier alpha value is -1.60. The molecular weight excluding hydrogens is 322 g/mol. The lowest BCUT2D eigenvalue weighted by atomic mass is 9.78. The molecule has 3 rings (SSSR count). The standard InChI is InChI=1S/C18H26BFN2O3/c1-17(2)18(3,4)25-19(24-17)14-6-5-13(10-15(14)20)22-8-7-12(11-22)9-16(21)23/h5-6,10,12H,7-9,11H2,1-4H3,(H2,21,23)/t12-/m0/s1. The van der Waals surface area contributed by atoms with Crippen LogP contribution in [0.1, 0.15) is 40.5 Å². The van der Waals surface area contributed by atoms with Gasteiger partial charge in [-0.15, -0.1) is 0 Å². The Labute approximate surface area is 148 Å². The Kier molecular flexibility index (Phi) is 4.58. The third-order valence-electron chi connectivity index (χ3n) is 5.63. The zero-order valence-corrected chi connectivity index (χ0v) is 15.3. The minimum Gasteiger partial charge on any atom is -0.399 e. The zero-order chi connectivity index (χ0) is 18.4. The molecule has 2 aliphatic rings. The van der Waals surface area contributed by atoms with Gasteiger partial charge in [-0.2, -0.15) is 0 Å². The average molecular weight is 348 g/mol. The van der Waals surface area contributed by atoms with Crippen LogP contribution in [-0.4, -0.2) is 37.3 Å². The number of hydrogen-bond acceptors (Lipinski definition) is 4. The van der Waals surface area contributed by atoms with Crippen molar-refractivity contribution >= 4 is 24.2 Å². The van der Waals surface area contributed by atoms with E-state index in [4.69, 9.17) is 15.0 Å². The molecule has 1 aromatic rings. The number of carbonyl (C=O) groups is 1. The molecule has 1 atom stereocenters. The molecule has 1 amide bonds. The van der Waals surface area contributed by atoms with Crippen molar-refractivity contribution in [3.8, 4) is 0 Å². The highest BCUT2D eigenvalue weighted by molar-refractivity contribution is 6.62. The molecule has 2 N–H and O–H groups in total. The fraction of sp³-hybridized carbons (Fsp3) is 0.611. The Morgan fingerprint density at radius 2 is 1.96 bits per heavy atom. The van der Waals surface area contributed by atoms with Gasteiger partial charge in [0.05, 0.1) is 11.2 Å². The van der Waals surface area contributed by atoms with Gasteiger partial charge in [0.25, 0.3) is 0 Å². The summed E-state index contributed by atoms with van der Waals surface area (Å²) in [6.45, 7) is 9.31. The fourth-order valence-electron chi connectivity index (χ4n) is 3.39. The summed E-state index contributed by atoms with van der Waals surface area (Å²) in [5.74, 6) is -0.383. The summed E-state index contributed by atoms with van der Waals surface area (Å²) in [7, 11) is -0.708. The van der Waals surface area contributed by atoms with Crippen molar-refractivity contribution in [3.63, 3.8) is 0 Å². The van der Waals surface area contributed by atoms with Gasteiger partial charge < -0.3 is 19.9 Å². The Balaban J connectivity index is 1.73. The lowest BCUT2D eigenvalue weighted by Crippen LogP contribution is -2.41. The number of nitrogens with zero attached hydrogens (tertiary/aromatic N) is 1. The lowest BCUT2D eigenvalue weighted by molar-refractivity contribution is -0.118. The molecule has 1 aromatic carbocycles. The molecule has 0 aliphatic carbocycles. The van der Waals surface area contributed by atoms with Crippen LogP contribution in [0.3, 0.4) is 0 Å². The topological polar surface area (TPSA) is 64.8 Å². The van der Waals surface area contributed by atoms with Gasteiger partial charge in [-0.25, -0.2) is 4.39 Å². The monoisotopic (exact) mass is 348 g/mol. The van der Waals surface area contributed by atoms with Crippen LogP contribution in [0, 0.1) is 11.7 Å². The molecule has 136 valence electrons. The largest absolute Gasteiger partial charge is 0.497 e. The summed E-state index contributed by atoms with van der Waals surface area (Å²) < 4.78 is 26.6. The molecule has 5 nitrogen and oxygen atoms in total. The molecule has 0 bridgehead atoms.